The van der Waals surface area contributed by atoms with Gasteiger partial charge in [-0.25, -0.2) is 0 Å². The van der Waals surface area contributed by atoms with Gasteiger partial charge in [0.15, 0.2) is 0 Å². The summed E-state index contributed by atoms with van der Waals surface area (Å²) in [6.45, 7) is 29.6. The van der Waals surface area contributed by atoms with Crippen LogP contribution in [-0.2, 0) is 32.9 Å². The number of fused-ring (bicyclic) bond motifs is 3. The number of rotatable bonds is 10. The topological polar surface area (TPSA) is 38.9 Å². The van der Waals surface area contributed by atoms with E-state index in [2.05, 4.69) is 185 Å². The normalized spacial score (nSPS) is 11.8. The van der Waals surface area contributed by atoms with Gasteiger partial charge in [0.25, 0.3) is 0 Å². The van der Waals surface area contributed by atoms with E-state index in [0.29, 0.717) is 23.7 Å². The molecule has 5 heteroatoms. The fourth-order valence-corrected chi connectivity index (χ4v) is 9.52. The Morgan fingerprint density at radius 3 is 2.00 bits per heavy atom. The number of hydrogen-bond donors (Lipinski definition) is 0. The predicted octanol–water partition coefficient (Wildman–Crippen LogP) is 14.5. The Bertz CT molecular complexity index is 2480. The zero-order valence-electron chi connectivity index (χ0n) is 37.0. The summed E-state index contributed by atoms with van der Waals surface area (Å²) in [6.07, 6.45) is 6.18. The van der Waals surface area contributed by atoms with Crippen molar-refractivity contribution in [1.82, 2.24) is 9.97 Å². The van der Waals surface area contributed by atoms with Gasteiger partial charge in [-0.3, -0.25) is 0 Å². The van der Waals surface area contributed by atoms with E-state index in [1.165, 1.54) is 49.7 Å². The first kappa shape index (κ1) is 44.9. The van der Waals surface area contributed by atoms with Gasteiger partial charge >= 0.3 is 0 Å². The van der Waals surface area contributed by atoms with Crippen LogP contribution in [0.15, 0.2) is 95.7 Å². The van der Waals surface area contributed by atoms with Gasteiger partial charge in [-0.1, -0.05) is 153 Å². The van der Waals surface area contributed by atoms with Crippen LogP contribution in [-0.4, -0.2) is 18.0 Å². The van der Waals surface area contributed by atoms with Crippen molar-refractivity contribution < 1.29 is 24.5 Å². The average molecular weight is 963 g/mol. The molecule has 0 bridgehead atoms. The van der Waals surface area contributed by atoms with Gasteiger partial charge in [-0.2, -0.15) is 0 Å². The van der Waals surface area contributed by atoms with E-state index >= 15 is 0 Å². The number of nitrogens with zero attached hydrogens (tertiary/aromatic N) is 2. The van der Waals surface area contributed by atoms with Crippen LogP contribution in [0.4, 0.5) is 0 Å². The first-order valence-electron chi connectivity index (χ1n) is 21.0. The van der Waals surface area contributed by atoms with Crippen LogP contribution < -0.4 is 5.19 Å². The molecule has 0 aliphatic carbocycles. The van der Waals surface area contributed by atoms with Crippen molar-refractivity contribution in [3.05, 3.63) is 137 Å². The standard InChI is InChI=1S/C33H34NO.C20H28NSi.Ir/c1-20(2)17-23-15-16-34-30(18-23)29-12-8-11-28-27-14-13-24(19-31(27)35-33(28)29)32-25(21(3)4)9-7-10-26(32)22(5)6;1-14(2)10-18-12-19(21-13-20(18)22(5,6)7)17-9-8-15(3)16(4)11-17;/h7-11,13-16,18-22H,17H2,1-6H3;8,11-14H,10H2,1-7H3;/q2*-1;. The molecule has 3 heterocycles. The van der Waals surface area contributed by atoms with E-state index in [4.69, 9.17) is 9.40 Å². The van der Waals surface area contributed by atoms with Gasteiger partial charge in [0, 0.05) is 37.9 Å². The van der Waals surface area contributed by atoms with Crippen LogP contribution in [0.25, 0.3) is 55.6 Å². The molecule has 0 fully saturated rings. The summed E-state index contributed by atoms with van der Waals surface area (Å²) < 4.78 is 6.55. The van der Waals surface area contributed by atoms with Crippen molar-refractivity contribution in [1.29, 1.82) is 0 Å². The first-order valence-corrected chi connectivity index (χ1v) is 24.5. The molecule has 7 rings (SSSR count). The smallest absolute Gasteiger partial charge is 0.121 e. The zero-order valence-corrected chi connectivity index (χ0v) is 40.4. The summed E-state index contributed by atoms with van der Waals surface area (Å²) in [5.74, 6) is 2.15. The van der Waals surface area contributed by atoms with Crippen molar-refractivity contribution in [2.24, 2.45) is 11.8 Å². The van der Waals surface area contributed by atoms with Crippen LogP contribution in [0, 0.1) is 37.8 Å². The molecule has 3 aromatic heterocycles. The summed E-state index contributed by atoms with van der Waals surface area (Å²) >= 11 is 0. The van der Waals surface area contributed by atoms with Crippen LogP contribution in [0.2, 0.25) is 19.6 Å². The maximum atomic E-state index is 6.55. The monoisotopic (exact) mass is 963 g/mol. The van der Waals surface area contributed by atoms with Gasteiger partial charge in [0.1, 0.15) is 5.58 Å². The second kappa shape index (κ2) is 18.8. The molecule has 0 saturated heterocycles. The van der Waals surface area contributed by atoms with Gasteiger partial charge < -0.3 is 14.4 Å². The Hall–Kier alpha value is -4.15. The summed E-state index contributed by atoms with van der Waals surface area (Å²) in [7, 11) is -1.36. The average Bonchev–Trinajstić information content (AvgIpc) is 3.53. The van der Waals surface area contributed by atoms with Gasteiger partial charge in [0.05, 0.1) is 13.7 Å². The number of furan rings is 1. The molecule has 0 aliphatic rings. The van der Waals surface area contributed by atoms with Gasteiger partial charge in [-0.05, 0) is 87.5 Å². The minimum absolute atomic E-state index is 0. The fraction of sp³-hybridized carbons (Fsp3) is 0.358. The minimum Gasteiger partial charge on any atom is -0.501 e. The molecule has 1 radical (unpaired) electrons. The van der Waals surface area contributed by atoms with Crippen molar-refractivity contribution in [2.75, 3.05) is 0 Å². The second-order valence-electron chi connectivity index (χ2n) is 18.5. The molecule has 7 aromatic rings. The minimum atomic E-state index is -1.36. The van der Waals surface area contributed by atoms with Crippen LogP contribution in [0.1, 0.15) is 101 Å². The van der Waals surface area contributed by atoms with Crippen molar-refractivity contribution in [2.45, 2.75) is 114 Å². The molecular weight excluding hydrogens is 901 g/mol. The molecule has 3 nitrogen and oxygen atoms in total. The molecule has 305 valence electrons. The summed E-state index contributed by atoms with van der Waals surface area (Å²) in [6, 6.07) is 35.1. The second-order valence-corrected chi connectivity index (χ2v) is 23.5. The maximum absolute atomic E-state index is 6.55. The van der Waals surface area contributed by atoms with E-state index in [9.17, 15) is 0 Å². The zero-order chi connectivity index (χ0) is 41.2. The third-order valence-electron chi connectivity index (χ3n) is 10.9. The Balaban J connectivity index is 0.000000241. The van der Waals surface area contributed by atoms with Crippen LogP contribution in [0.5, 0.6) is 0 Å². The van der Waals surface area contributed by atoms with E-state index < -0.39 is 8.07 Å². The summed E-state index contributed by atoms with van der Waals surface area (Å²) in [5, 5.41) is 3.73. The molecule has 0 aliphatic heterocycles. The molecular formula is C53H62IrN2OSi-2. The van der Waals surface area contributed by atoms with Gasteiger partial charge in [-0.15, -0.1) is 53.1 Å². The number of aromatic nitrogens is 2. The molecule has 0 N–H and O–H groups in total. The fourth-order valence-electron chi connectivity index (χ4n) is 7.93. The molecule has 0 amide bonds. The number of aryl methyl sites for hydroxylation is 2. The predicted molar refractivity (Wildman–Crippen MR) is 247 cm³/mol. The first-order chi connectivity index (χ1) is 27.0. The van der Waals surface area contributed by atoms with Crippen LogP contribution in [0.3, 0.4) is 0 Å². The van der Waals surface area contributed by atoms with Gasteiger partial charge in [0.2, 0.25) is 0 Å². The number of pyridine rings is 2. The molecule has 0 spiro atoms. The SMILES string of the molecule is CC(C)Cc1ccnc(-c2[c-]ccc3c2oc2cc(-c4c(C(C)C)cccc4C(C)C)ccc23)c1.Cc1c[c-]c(-c2cc(CC(C)C)c([Si](C)(C)C)cn2)cc1C.[Ir]. The van der Waals surface area contributed by atoms with Crippen molar-refractivity contribution >= 4 is 35.2 Å². The molecule has 0 unspecified atom stereocenters. The van der Waals surface area contributed by atoms with Crippen molar-refractivity contribution in [3.63, 3.8) is 0 Å². The third-order valence-corrected chi connectivity index (χ3v) is 13.0. The molecule has 4 aromatic carbocycles. The third kappa shape index (κ3) is 10.2. The van der Waals surface area contributed by atoms with E-state index in [1.54, 1.807) is 0 Å². The van der Waals surface area contributed by atoms with E-state index in [0.717, 1.165) is 57.3 Å². The number of hydrogen-bond acceptors (Lipinski definition) is 3. The largest absolute Gasteiger partial charge is 0.501 e. The summed E-state index contributed by atoms with van der Waals surface area (Å²) in [4.78, 5) is 9.43. The molecule has 0 saturated carbocycles. The van der Waals surface area contributed by atoms with E-state index in [1.807, 2.05) is 12.3 Å². The Morgan fingerprint density at radius 2 is 1.38 bits per heavy atom. The van der Waals surface area contributed by atoms with Crippen molar-refractivity contribution in [3.8, 4) is 33.6 Å². The van der Waals surface area contributed by atoms with E-state index in [-0.39, 0.29) is 20.1 Å². The molecule has 0 atom stereocenters. The Kier molecular flexibility index (Phi) is 14.6. The number of benzene rings is 4. The quantitative estimate of drug-likeness (QED) is 0.101. The Labute approximate surface area is 363 Å². The summed E-state index contributed by atoms with van der Waals surface area (Å²) in [5.41, 5.74) is 16.4. The Morgan fingerprint density at radius 1 is 0.690 bits per heavy atom. The molecule has 58 heavy (non-hydrogen) atoms. The maximum Gasteiger partial charge on any atom is 0.121 e. The van der Waals surface area contributed by atoms with Crippen LogP contribution >= 0.6 is 0 Å².